The highest BCUT2D eigenvalue weighted by molar-refractivity contribution is 6.06. The van der Waals surface area contributed by atoms with Gasteiger partial charge in [0.2, 0.25) is 0 Å². The first-order chi connectivity index (χ1) is 10.9. The zero-order valence-electron chi connectivity index (χ0n) is 13.1. The number of hydrogen-bond donors (Lipinski definition) is 1. The molecule has 0 saturated carbocycles. The molecule has 1 fully saturated rings. The Morgan fingerprint density at radius 3 is 2.78 bits per heavy atom. The molecule has 1 aliphatic heterocycles. The third-order valence-corrected chi connectivity index (χ3v) is 3.80. The van der Waals surface area contributed by atoms with Crippen LogP contribution >= 0.6 is 0 Å². The average molecular weight is 319 g/mol. The maximum absolute atomic E-state index is 12.9. The van der Waals surface area contributed by atoms with E-state index >= 15 is 0 Å². The third-order valence-electron chi connectivity index (χ3n) is 3.80. The van der Waals surface area contributed by atoms with Crippen LogP contribution < -0.4 is 0 Å². The van der Waals surface area contributed by atoms with E-state index in [1.807, 2.05) is 0 Å². The molecule has 3 rings (SSSR count). The quantitative estimate of drug-likeness (QED) is 0.885. The molecule has 0 aliphatic carbocycles. The number of carbonyl (C=O) groups excluding carboxylic acids is 1. The number of carbonyl (C=O) groups is 2. The molecule has 8 nitrogen and oxygen atoms in total. The van der Waals surface area contributed by atoms with E-state index in [2.05, 4.69) is 10.1 Å². The first-order valence-corrected chi connectivity index (χ1v) is 7.28. The minimum atomic E-state index is -1.08. The summed E-state index contributed by atoms with van der Waals surface area (Å²) in [4.78, 5) is 29.8. The number of pyridine rings is 1. The Bertz CT molecular complexity index is 785. The molecule has 122 valence electrons. The third kappa shape index (κ3) is 2.77. The van der Waals surface area contributed by atoms with Crippen molar-refractivity contribution in [3.63, 3.8) is 0 Å². The Kier molecular flexibility index (Phi) is 3.77. The molecule has 2 aromatic rings. The number of carboxylic acids is 1. The maximum Gasteiger partial charge on any atom is 0.334 e. The molecule has 0 bridgehead atoms. The molecular weight excluding hydrogens is 302 g/mol. The van der Waals surface area contributed by atoms with Crippen LogP contribution in [0, 0.1) is 13.8 Å². The van der Waals surface area contributed by atoms with Gasteiger partial charge in [0, 0.05) is 12.2 Å². The Morgan fingerprint density at radius 2 is 2.09 bits per heavy atom. The zero-order chi connectivity index (χ0) is 16.7. The minimum absolute atomic E-state index is 0.00565. The molecule has 1 amide bonds. The van der Waals surface area contributed by atoms with E-state index in [1.165, 1.54) is 4.90 Å². The Balaban J connectivity index is 2.00. The number of amides is 1. The van der Waals surface area contributed by atoms with Crippen LogP contribution in [-0.4, -0.2) is 57.3 Å². The lowest BCUT2D eigenvalue weighted by Gasteiger charge is -2.35. The topological polar surface area (TPSA) is 106 Å². The van der Waals surface area contributed by atoms with Gasteiger partial charge in [-0.1, -0.05) is 5.16 Å². The Morgan fingerprint density at radius 1 is 1.35 bits per heavy atom. The Labute approximate surface area is 132 Å². The first-order valence-electron chi connectivity index (χ1n) is 7.28. The number of morpholine rings is 1. The fraction of sp³-hybridized carbons (Fsp3) is 0.467. The van der Waals surface area contributed by atoms with Gasteiger partial charge >= 0.3 is 5.97 Å². The van der Waals surface area contributed by atoms with Gasteiger partial charge in [0.25, 0.3) is 11.6 Å². The second kappa shape index (κ2) is 5.62. The van der Waals surface area contributed by atoms with Crippen LogP contribution in [0.1, 0.15) is 28.7 Å². The lowest BCUT2D eigenvalue weighted by molar-refractivity contribution is -0.160. The van der Waals surface area contributed by atoms with E-state index < -0.39 is 12.1 Å². The number of aliphatic carboxylic acids is 1. The molecule has 1 saturated heterocycles. The van der Waals surface area contributed by atoms with E-state index in [1.54, 1.807) is 26.8 Å². The maximum atomic E-state index is 12.9. The van der Waals surface area contributed by atoms with Gasteiger partial charge in [-0.2, -0.15) is 0 Å². The number of nitrogens with zero attached hydrogens (tertiary/aromatic N) is 3. The fourth-order valence-electron chi connectivity index (χ4n) is 2.81. The number of hydrogen-bond acceptors (Lipinski definition) is 6. The number of ether oxygens (including phenoxy) is 1. The monoisotopic (exact) mass is 319 g/mol. The molecule has 2 atom stereocenters. The van der Waals surface area contributed by atoms with Gasteiger partial charge in [0.15, 0.2) is 6.10 Å². The van der Waals surface area contributed by atoms with Crippen molar-refractivity contribution in [2.24, 2.45) is 0 Å². The molecule has 8 heteroatoms. The molecule has 1 unspecified atom stereocenters. The van der Waals surface area contributed by atoms with Gasteiger partial charge < -0.3 is 19.3 Å². The molecule has 2 aromatic heterocycles. The zero-order valence-corrected chi connectivity index (χ0v) is 13.1. The van der Waals surface area contributed by atoms with Gasteiger partial charge in [0.1, 0.15) is 0 Å². The summed E-state index contributed by atoms with van der Waals surface area (Å²) in [5.74, 6) is -1.35. The molecule has 0 aromatic carbocycles. The lowest BCUT2D eigenvalue weighted by atomic mass is 10.1. The van der Waals surface area contributed by atoms with Crippen molar-refractivity contribution < 1.29 is 24.0 Å². The molecule has 0 radical (unpaired) electrons. The van der Waals surface area contributed by atoms with Gasteiger partial charge in [-0.25, -0.2) is 9.78 Å². The second-order valence-corrected chi connectivity index (χ2v) is 5.74. The molecule has 23 heavy (non-hydrogen) atoms. The number of fused-ring (bicyclic) bond motifs is 1. The van der Waals surface area contributed by atoms with Crippen LogP contribution in [0.25, 0.3) is 11.1 Å². The smallest absolute Gasteiger partial charge is 0.334 e. The van der Waals surface area contributed by atoms with Crippen molar-refractivity contribution >= 4 is 23.0 Å². The van der Waals surface area contributed by atoms with Crippen molar-refractivity contribution in [2.45, 2.75) is 33.0 Å². The van der Waals surface area contributed by atoms with Gasteiger partial charge in [-0.05, 0) is 26.8 Å². The van der Waals surface area contributed by atoms with E-state index in [0.29, 0.717) is 34.6 Å². The summed E-state index contributed by atoms with van der Waals surface area (Å²) in [6.07, 6.45) is -1.37. The summed E-state index contributed by atoms with van der Waals surface area (Å²) in [6, 6.07) is 1.67. The summed E-state index contributed by atoms with van der Waals surface area (Å²) in [6.45, 7) is 5.58. The highest BCUT2D eigenvalue weighted by Crippen LogP contribution is 2.24. The molecule has 0 spiro atoms. The SMILES string of the molecule is Cc1cc(C(=O)N2CC(C(=O)O)O[C@H](C)C2)c2c(C)noc2n1. The number of carboxylic acid groups (broad SMARTS) is 1. The minimum Gasteiger partial charge on any atom is -0.479 e. The van der Waals surface area contributed by atoms with Crippen molar-refractivity contribution in [1.82, 2.24) is 15.0 Å². The number of aryl methyl sites for hydroxylation is 2. The summed E-state index contributed by atoms with van der Waals surface area (Å²) < 4.78 is 10.5. The highest BCUT2D eigenvalue weighted by atomic mass is 16.5. The lowest BCUT2D eigenvalue weighted by Crippen LogP contribution is -2.51. The van der Waals surface area contributed by atoms with E-state index in [0.717, 1.165) is 0 Å². The predicted octanol–water partition coefficient (Wildman–Crippen LogP) is 1.15. The van der Waals surface area contributed by atoms with Crippen LogP contribution in [0.3, 0.4) is 0 Å². The summed E-state index contributed by atoms with van der Waals surface area (Å²) in [5.41, 5.74) is 1.94. The number of aromatic nitrogens is 2. The van der Waals surface area contributed by atoms with E-state index in [9.17, 15) is 9.59 Å². The van der Waals surface area contributed by atoms with Crippen molar-refractivity contribution in [1.29, 1.82) is 0 Å². The number of rotatable bonds is 2. The van der Waals surface area contributed by atoms with Crippen molar-refractivity contribution in [3.05, 3.63) is 23.0 Å². The van der Waals surface area contributed by atoms with E-state index in [4.69, 9.17) is 14.4 Å². The standard InChI is InChI=1S/C15H17N3O5/c1-7-4-10(12-9(3)17-23-13(12)16-7)14(19)18-5-8(2)22-11(6-18)15(20)21/h4,8,11H,5-6H2,1-3H3,(H,20,21)/t8-,11?/m1/s1. The van der Waals surface area contributed by atoms with E-state index in [-0.39, 0.29) is 18.6 Å². The van der Waals surface area contributed by atoms with Gasteiger partial charge in [0.05, 0.1) is 29.3 Å². The van der Waals surface area contributed by atoms with Crippen molar-refractivity contribution in [3.8, 4) is 0 Å². The largest absolute Gasteiger partial charge is 0.479 e. The van der Waals surface area contributed by atoms with Gasteiger partial charge in [-0.15, -0.1) is 0 Å². The van der Waals surface area contributed by atoms with Crippen LogP contribution in [-0.2, 0) is 9.53 Å². The summed E-state index contributed by atoms with van der Waals surface area (Å²) >= 11 is 0. The average Bonchev–Trinajstić information content (AvgIpc) is 2.86. The van der Waals surface area contributed by atoms with Gasteiger partial charge in [-0.3, -0.25) is 4.79 Å². The fourth-order valence-corrected chi connectivity index (χ4v) is 2.81. The molecule has 3 heterocycles. The molecule has 1 aliphatic rings. The molecule has 1 N–H and O–H groups in total. The summed E-state index contributed by atoms with van der Waals surface area (Å²) in [7, 11) is 0. The van der Waals surface area contributed by atoms with Crippen LogP contribution in [0.4, 0.5) is 0 Å². The predicted molar refractivity (Wildman–Crippen MR) is 79.2 cm³/mol. The second-order valence-electron chi connectivity index (χ2n) is 5.74. The van der Waals surface area contributed by atoms with Crippen LogP contribution in [0.5, 0.6) is 0 Å². The summed E-state index contributed by atoms with van der Waals surface area (Å²) in [5, 5.41) is 13.6. The van der Waals surface area contributed by atoms with Crippen molar-refractivity contribution in [2.75, 3.05) is 13.1 Å². The molecular formula is C15H17N3O5. The normalized spacial score (nSPS) is 21.6. The van der Waals surface area contributed by atoms with Crippen LogP contribution in [0.2, 0.25) is 0 Å². The Hall–Kier alpha value is -2.48. The first kappa shape index (κ1) is 15.4. The highest BCUT2D eigenvalue weighted by Gasteiger charge is 2.34. The van der Waals surface area contributed by atoms with Crippen LogP contribution in [0.15, 0.2) is 10.6 Å².